The Labute approximate surface area is 81.9 Å². The van der Waals surface area contributed by atoms with Gasteiger partial charge in [-0.1, -0.05) is 13.8 Å². The molecule has 4 heteroatoms. The van der Waals surface area contributed by atoms with E-state index < -0.39 is 7.86 Å². The molecule has 0 saturated heterocycles. The summed E-state index contributed by atoms with van der Waals surface area (Å²) in [6.45, 7) is 4.00. The van der Waals surface area contributed by atoms with Crippen LogP contribution >= 0.6 is 55.9 Å². The summed E-state index contributed by atoms with van der Waals surface area (Å²) in [5.41, 5.74) is 0. The molecule has 0 aromatic carbocycles. The Morgan fingerprint density at radius 2 is 1.14 bits per heavy atom. The molecule has 0 atom stereocenters. The van der Waals surface area contributed by atoms with Crippen molar-refractivity contribution < 1.29 is 0 Å². The second-order valence-electron chi connectivity index (χ2n) is 0.825. The van der Waals surface area contributed by atoms with Crippen LogP contribution in [0.1, 0.15) is 13.8 Å². The molecule has 0 bridgehead atoms. The molecule has 0 rings (SSSR count). The molecule has 0 saturated carbocycles. The van der Waals surface area contributed by atoms with Gasteiger partial charge in [0.25, 0.3) is 0 Å². The van der Waals surface area contributed by atoms with Crippen molar-refractivity contribution in [2.24, 2.45) is 0 Å². The van der Waals surface area contributed by atoms with Crippen LogP contribution in [0.3, 0.4) is 0 Å². The fraction of sp³-hybridized carbons (Fsp3) is 0.667. The van der Waals surface area contributed by atoms with Gasteiger partial charge in [0.2, 0.25) is 0 Å². The van der Waals surface area contributed by atoms with Gasteiger partial charge >= 0.3 is 63.8 Å². The Morgan fingerprint density at radius 3 is 1.14 bits per heavy atom. The van der Waals surface area contributed by atoms with Crippen LogP contribution in [0.15, 0.2) is 0 Å². The molecule has 0 aliphatic heterocycles. The van der Waals surface area contributed by atoms with Crippen molar-refractivity contribution in [2.45, 2.75) is 13.8 Å². The molecule has 0 unspecified atom stereocenters. The molecule has 0 fully saturated rings. The molecule has 0 spiro atoms. The van der Waals surface area contributed by atoms with Crippen LogP contribution in [-0.4, -0.2) is 7.86 Å². The molecule has 0 aliphatic rings. The van der Waals surface area contributed by atoms with Gasteiger partial charge in [-0.25, -0.2) is 0 Å². The van der Waals surface area contributed by atoms with Crippen LogP contribution in [0.25, 0.3) is 0 Å². The van der Waals surface area contributed by atoms with Gasteiger partial charge in [0.1, 0.15) is 0 Å². The summed E-state index contributed by atoms with van der Waals surface area (Å²) in [7, 11) is -0.727. The maximum absolute atomic E-state index is 2.53. The topological polar surface area (TPSA) is 0 Å². The third-order valence-electron chi connectivity index (χ3n) is 0. The van der Waals surface area contributed by atoms with Crippen LogP contribution in [-0.2, 0) is 0 Å². The van der Waals surface area contributed by atoms with E-state index in [2.05, 4.69) is 55.9 Å². The van der Waals surface area contributed by atoms with Crippen molar-refractivity contribution >= 4 is 63.8 Å². The summed E-state index contributed by atoms with van der Waals surface area (Å²) in [5.74, 6) is 0. The second-order valence-corrected chi connectivity index (χ2v) is 75.3. The van der Waals surface area contributed by atoms with Crippen molar-refractivity contribution in [2.75, 3.05) is 0 Å². The summed E-state index contributed by atoms with van der Waals surface area (Å²) in [4.78, 5) is 0. The second kappa shape index (κ2) is 11.7. The summed E-state index contributed by atoms with van der Waals surface area (Å²) >= 11 is 7.58. The summed E-state index contributed by atoms with van der Waals surface area (Å²) < 4.78 is 0. The van der Waals surface area contributed by atoms with Crippen molar-refractivity contribution in [3.05, 3.63) is 6.42 Å². The van der Waals surface area contributed by atoms with E-state index in [1.165, 1.54) is 0 Å². The number of hydrogen-bond donors (Lipinski definition) is 0. The molecule has 0 aromatic rings. The number of hydrogen-bond acceptors (Lipinski definition) is 0. The van der Waals surface area contributed by atoms with E-state index in [0.29, 0.717) is 0 Å². The molecule has 0 N–H and O–H groups in total. The number of rotatable bonds is 0. The molecule has 0 aromatic heterocycles. The van der Waals surface area contributed by atoms with Crippen molar-refractivity contribution in [1.82, 2.24) is 0 Å². The Morgan fingerprint density at radius 1 is 1.14 bits per heavy atom. The molecular weight excluding hydrogens is 535 g/mol. The first-order valence-corrected chi connectivity index (χ1v) is 30.6. The SMILES string of the molecule is C[CH]C.[I][SnH]([I])[I]. The van der Waals surface area contributed by atoms with E-state index in [1.807, 2.05) is 20.3 Å². The third-order valence-corrected chi connectivity index (χ3v) is 0. The maximum atomic E-state index is 2.53. The van der Waals surface area contributed by atoms with Gasteiger partial charge in [-0.3, -0.25) is 0 Å². The number of halogens is 3. The first kappa shape index (κ1) is 12.6. The zero-order valence-electron chi connectivity index (χ0n) is 4.29. The van der Waals surface area contributed by atoms with Crippen molar-refractivity contribution in [1.29, 1.82) is 0 Å². The minimum atomic E-state index is -0.727. The van der Waals surface area contributed by atoms with Gasteiger partial charge in [-0.05, 0) is 6.42 Å². The van der Waals surface area contributed by atoms with Gasteiger partial charge in [-0.2, -0.15) is 0 Å². The Hall–Kier alpha value is 2.99. The van der Waals surface area contributed by atoms with E-state index in [-0.39, 0.29) is 0 Å². The van der Waals surface area contributed by atoms with E-state index in [4.69, 9.17) is 0 Å². The standard InChI is InChI=1S/C3H7.3HI.Sn.H/c1-3-2;;;;;/h3H,1-2H3;3*1H;;/q;;;;+3;/p-3. The normalized spacial score (nSPS) is 7.71. The Kier molecular flexibility index (Phi) is 21.2. The quantitative estimate of drug-likeness (QED) is 0.325. The van der Waals surface area contributed by atoms with Gasteiger partial charge in [0, 0.05) is 0 Å². The zero-order valence-corrected chi connectivity index (χ0v) is 14.1. The van der Waals surface area contributed by atoms with E-state index in [9.17, 15) is 0 Å². The Balaban J connectivity index is 0. The van der Waals surface area contributed by atoms with Crippen LogP contribution in [0.5, 0.6) is 0 Å². The average Bonchev–Trinajstić information content (AvgIpc) is 1.33. The van der Waals surface area contributed by atoms with Crippen LogP contribution in [0.2, 0.25) is 0 Å². The zero-order chi connectivity index (χ0) is 6.28. The molecule has 1 radical (unpaired) electrons. The van der Waals surface area contributed by atoms with Crippen LogP contribution < -0.4 is 0 Å². The molecule has 0 nitrogen and oxygen atoms in total. The van der Waals surface area contributed by atoms with Crippen LogP contribution in [0.4, 0.5) is 0 Å². The monoisotopic (exact) mass is 545 g/mol. The van der Waals surface area contributed by atoms with Crippen molar-refractivity contribution in [3.8, 4) is 0 Å². The minimum absolute atomic E-state index is 0.727. The summed E-state index contributed by atoms with van der Waals surface area (Å²) in [6.07, 6.45) is 2.00. The first-order chi connectivity index (χ1) is 3.15. The predicted octanol–water partition coefficient (Wildman–Crippen LogP) is 3.24. The molecule has 7 heavy (non-hydrogen) atoms. The van der Waals surface area contributed by atoms with Gasteiger partial charge in [-0.15, -0.1) is 0 Å². The van der Waals surface area contributed by atoms with Gasteiger partial charge < -0.3 is 0 Å². The van der Waals surface area contributed by atoms with Gasteiger partial charge in [0.05, 0.1) is 0 Å². The molecule has 0 aliphatic carbocycles. The van der Waals surface area contributed by atoms with Crippen LogP contribution in [0, 0.1) is 6.42 Å². The molecule has 45 valence electrons. The Bertz CT molecular complexity index is 21.4. The molecule has 0 amide bonds. The average molecular weight is 544 g/mol. The summed E-state index contributed by atoms with van der Waals surface area (Å²) in [6, 6.07) is 0. The fourth-order valence-electron chi connectivity index (χ4n) is 0. The first-order valence-electron chi connectivity index (χ1n) is 1.81. The third kappa shape index (κ3) is 49.2. The van der Waals surface area contributed by atoms with E-state index in [0.717, 1.165) is 0 Å². The fourth-order valence-corrected chi connectivity index (χ4v) is 0. The van der Waals surface area contributed by atoms with E-state index >= 15 is 0 Å². The molecule has 0 heterocycles. The van der Waals surface area contributed by atoms with Gasteiger partial charge in [0.15, 0.2) is 0 Å². The van der Waals surface area contributed by atoms with Crippen molar-refractivity contribution in [3.63, 3.8) is 0 Å². The van der Waals surface area contributed by atoms with E-state index in [1.54, 1.807) is 0 Å². The predicted molar refractivity (Wildman–Crippen MR) is 64.9 cm³/mol. The summed E-state index contributed by atoms with van der Waals surface area (Å²) in [5, 5.41) is 0. The molecular formula is C3H8I3Sn.